The van der Waals surface area contributed by atoms with E-state index in [4.69, 9.17) is 0 Å². The van der Waals surface area contributed by atoms with Crippen LogP contribution in [0.2, 0.25) is 0 Å². The van der Waals surface area contributed by atoms with Gasteiger partial charge in [0, 0.05) is 55.5 Å². The fourth-order valence-electron chi connectivity index (χ4n) is 3.86. The van der Waals surface area contributed by atoms with E-state index in [0.717, 1.165) is 29.6 Å². The molecule has 1 aliphatic rings. The number of hydrogen-bond acceptors (Lipinski definition) is 3. The number of aromatic nitrogens is 1. The van der Waals surface area contributed by atoms with Gasteiger partial charge in [0.1, 0.15) is 0 Å². The fraction of sp³-hybridized carbons (Fsp3) is 0.304. The molecule has 1 saturated heterocycles. The van der Waals surface area contributed by atoms with Gasteiger partial charge in [0.15, 0.2) is 0 Å². The van der Waals surface area contributed by atoms with E-state index >= 15 is 0 Å². The normalized spacial score (nSPS) is 14.2. The molecule has 1 fully saturated rings. The van der Waals surface area contributed by atoms with Crippen LogP contribution in [0.1, 0.15) is 11.1 Å². The van der Waals surface area contributed by atoms with E-state index in [-0.39, 0.29) is 0 Å². The number of hydrogen-bond donors (Lipinski definition) is 2. The second-order valence-corrected chi connectivity index (χ2v) is 7.48. The van der Waals surface area contributed by atoms with E-state index in [2.05, 4.69) is 46.4 Å². The summed E-state index contributed by atoms with van der Waals surface area (Å²) in [7, 11) is 0. The van der Waals surface area contributed by atoms with Crippen molar-refractivity contribution in [1.82, 2.24) is 15.2 Å². The zero-order chi connectivity index (χ0) is 20.2. The Hall–Kier alpha value is -3.28. The SMILES string of the molecule is Cc1cccc(N2CCN(C(=O)C(=O)NCCc3c[nH]c4ccccc34)CC2)c1. The number of amides is 2. The average Bonchev–Trinajstić information content (AvgIpc) is 3.16. The number of aryl methyl sites for hydroxylation is 1. The Balaban J connectivity index is 1.26. The average molecular weight is 390 g/mol. The lowest BCUT2D eigenvalue weighted by molar-refractivity contribution is -0.146. The lowest BCUT2D eigenvalue weighted by atomic mass is 10.1. The van der Waals surface area contributed by atoms with Gasteiger partial charge in [0.2, 0.25) is 0 Å². The van der Waals surface area contributed by atoms with Crippen molar-refractivity contribution in [2.45, 2.75) is 13.3 Å². The molecule has 6 heteroatoms. The molecule has 29 heavy (non-hydrogen) atoms. The van der Waals surface area contributed by atoms with Gasteiger partial charge in [-0.15, -0.1) is 0 Å². The van der Waals surface area contributed by atoms with Gasteiger partial charge in [-0.3, -0.25) is 9.59 Å². The van der Waals surface area contributed by atoms with Gasteiger partial charge >= 0.3 is 11.8 Å². The highest BCUT2D eigenvalue weighted by Crippen LogP contribution is 2.19. The summed E-state index contributed by atoms with van der Waals surface area (Å²) < 4.78 is 0. The minimum Gasteiger partial charge on any atom is -0.368 e. The number of H-pyrrole nitrogens is 1. The van der Waals surface area contributed by atoms with Crippen LogP contribution in [-0.2, 0) is 16.0 Å². The maximum absolute atomic E-state index is 12.5. The van der Waals surface area contributed by atoms with Crippen molar-refractivity contribution in [2.24, 2.45) is 0 Å². The molecule has 2 heterocycles. The molecule has 1 aliphatic heterocycles. The molecular formula is C23H26N4O2. The van der Waals surface area contributed by atoms with Crippen LogP contribution < -0.4 is 10.2 Å². The number of benzene rings is 2. The maximum Gasteiger partial charge on any atom is 0.312 e. The Bertz CT molecular complexity index is 1020. The van der Waals surface area contributed by atoms with Crippen molar-refractivity contribution in [1.29, 1.82) is 0 Å². The molecule has 0 unspecified atom stereocenters. The number of para-hydroxylation sites is 1. The number of piperazine rings is 1. The Kier molecular flexibility index (Phi) is 5.51. The van der Waals surface area contributed by atoms with Gasteiger partial charge in [-0.25, -0.2) is 0 Å². The van der Waals surface area contributed by atoms with E-state index in [0.29, 0.717) is 26.1 Å². The van der Waals surface area contributed by atoms with E-state index in [9.17, 15) is 9.59 Å². The van der Waals surface area contributed by atoms with E-state index in [1.54, 1.807) is 4.90 Å². The van der Waals surface area contributed by atoms with Crippen molar-refractivity contribution in [3.05, 3.63) is 65.9 Å². The number of rotatable bonds is 4. The standard InChI is InChI=1S/C23H26N4O2/c1-17-5-4-6-19(15-17)26-11-13-27(14-12-26)23(29)22(28)24-10-9-18-16-25-21-8-3-2-7-20(18)21/h2-8,15-16,25H,9-14H2,1H3,(H,24,28). The molecular weight excluding hydrogens is 364 g/mol. The first-order valence-corrected chi connectivity index (χ1v) is 10.1. The van der Waals surface area contributed by atoms with Crippen molar-refractivity contribution >= 4 is 28.4 Å². The summed E-state index contributed by atoms with van der Waals surface area (Å²) in [4.78, 5) is 31.9. The largest absolute Gasteiger partial charge is 0.368 e. The number of carbonyl (C=O) groups is 2. The Morgan fingerprint density at radius 1 is 1.03 bits per heavy atom. The zero-order valence-electron chi connectivity index (χ0n) is 16.6. The zero-order valence-corrected chi connectivity index (χ0v) is 16.6. The third-order valence-electron chi connectivity index (χ3n) is 5.48. The molecule has 0 saturated carbocycles. The van der Waals surface area contributed by atoms with Crippen LogP contribution in [0.3, 0.4) is 0 Å². The van der Waals surface area contributed by atoms with Gasteiger partial charge in [-0.2, -0.15) is 0 Å². The Morgan fingerprint density at radius 2 is 1.83 bits per heavy atom. The summed E-state index contributed by atoms with van der Waals surface area (Å²) in [6, 6.07) is 16.4. The van der Waals surface area contributed by atoms with Gasteiger partial charge < -0.3 is 20.1 Å². The van der Waals surface area contributed by atoms with Crippen LogP contribution in [0.5, 0.6) is 0 Å². The highest BCUT2D eigenvalue weighted by molar-refractivity contribution is 6.35. The number of carbonyl (C=O) groups excluding carboxylic acids is 2. The first-order chi connectivity index (χ1) is 14.1. The van der Waals surface area contributed by atoms with Crippen molar-refractivity contribution in [3.63, 3.8) is 0 Å². The number of anilines is 1. The van der Waals surface area contributed by atoms with Crippen LogP contribution in [0, 0.1) is 6.92 Å². The van der Waals surface area contributed by atoms with Crippen LogP contribution in [0.4, 0.5) is 5.69 Å². The lowest BCUT2D eigenvalue weighted by Crippen LogP contribution is -2.52. The van der Waals surface area contributed by atoms with Gasteiger partial charge in [0.25, 0.3) is 0 Å². The minimum absolute atomic E-state index is 0.437. The number of nitrogens with one attached hydrogen (secondary N) is 2. The predicted octanol–water partition coefficient (Wildman–Crippen LogP) is 2.48. The van der Waals surface area contributed by atoms with Crippen LogP contribution >= 0.6 is 0 Å². The Labute approximate surface area is 170 Å². The number of fused-ring (bicyclic) bond motifs is 1. The smallest absolute Gasteiger partial charge is 0.312 e. The van der Waals surface area contributed by atoms with Crippen molar-refractivity contribution in [3.8, 4) is 0 Å². The van der Waals surface area contributed by atoms with E-state index < -0.39 is 11.8 Å². The van der Waals surface area contributed by atoms with Gasteiger partial charge in [-0.1, -0.05) is 30.3 Å². The fourth-order valence-corrected chi connectivity index (χ4v) is 3.86. The maximum atomic E-state index is 12.5. The number of aromatic amines is 1. The monoisotopic (exact) mass is 390 g/mol. The molecule has 2 amide bonds. The highest BCUT2D eigenvalue weighted by atomic mass is 16.2. The molecule has 2 aromatic carbocycles. The summed E-state index contributed by atoms with van der Waals surface area (Å²) in [6.07, 6.45) is 2.65. The predicted molar refractivity (Wildman–Crippen MR) is 115 cm³/mol. The molecule has 3 aromatic rings. The summed E-state index contributed by atoms with van der Waals surface area (Å²) in [6.45, 7) is 5.10. The topological polar surface area (TPSA) is 68.4 Å². The lowest BCUT2D eigenvalue weighted by Gasteiger charge is -2.35. The van der Waals surface area contributed by atoms with E-state index in [1.807, 2.05) is 30.5 Å². The Morgan fingerprint density at radius 3 is 2.62 bits per heavy atom. The second kappa shape index (κ2) is 8.39. The molecule has 6 nitrogen and oxygen atoms in total. The quantitative estimate of drug-likeness (QED) is 0.673. The molecule has 0 bridgehead atoms. The molecule has 4 rings (SSSR count). The molecule has 1 aromatic heterocycles. The van der Waals surface area contributed by atoms with Gasteiger partial charge in [-0.05, 0) is 42.7 Å². The summed E-state index contributed by atoms with van der Waals surface area (Å²) in [5.74, 6) is -0.957. The number of nitrogens with zero attached hydrogens (tertiary/aromatic N) is 2. The molecule has 0 radical (unpaired) electrons. The molecule has 0 spiro atoms. The van der Waals surface area contributed by atoms with Crippen LogP contribution in [0.15, 0.2) is 54.7 Å². The molecule has 0 aliphatic carbocycles. The van der Waals surface area contributed by atoms with Crippen LogP contribution in [0.25, 0.3) is 10.9 Å². The molecule has 0 atom stereocenters. The van der Waals surface area contributed by atoms with E-state index in [1.165, 1.54) is 11.3 Å². The molecule has 2 N–H and O–H groups in total. The summed E-state index contributed by atoms with van der Waals surface area (Å²) in [5, 5.41) is 3.93. The third kappa shape index (κ3) is 4.26. The molecule has 150 valence electrons. The third-order valence-corrected chi connectivity index (χ3v) is 5.48. The van der Waals surface area contributed by atoms with Crippen molar-refractivity contribution in [2.75, 3.05) is 37.6 Å². The van der Waals surface area contributed by atoms with Crippen LogP contribution in [-0.4, -0.2) is 54.4 Å². The summed E-state index contributed by atoms with van der Waals surface area (Å²) >= 11 is 0. The summed E-state index contributed by atoms with van der Waals surface area (Å²) in [5.41, 5.74) is 4.60. The second-order valence-electron chi connectivity index (χ2n) is 7.48. The minimum atomic E-state index is -0.520. The van der Waals surface area contributed by atoms with Crippen molar-refractivity contribution < 1.29 is 9.59 Å². The van der Waals surface area contributed by atoms with Gasteiger partial charge in [0.05, 0.1) is 0 Å². The first kappa shape index (κ1) is 19.1. The first-order valence-electron chi connectivity index (χ1n) is 10.1. The highest BCUT2D eigenvalue weighted by Gasteiger charge is 2.25.